The molecule has 0 aromatic heterocycles. The third kappa shape index (κ3) is 6.15. The van der Waals surface area contributed by atoms with Crippen LogP contribution in [0.5, 0.6) is 5.75 Å². The largest absolute Gasteiger partial charge is 0.642 e. The van der Waals surface area contributed by atoms with Crippen LogP contribution in [0.15, 0.2) is 24.3 Å². The van der Waals surface area contributed by atoms with Crippen LogP contribution in [0.25, 0.3) is 0 Å². The molecule has 0 N–H and O–H groups in total. The molecule has 0 amide bonds. The van der Waals surface area contributed by atoms with Gasteiger partial charge in [-0.3, -0.25) is 0 Å². The maximum absolute atomic E-state index is 15.7. The molecule has 0 radical (unpaired) electrons. The Bertz CT molecular complexity index is 1690. The van der Waals surface area contributed by atoms with Crippen LogP contribution in [0.3, 0.4) is 0 Å². The van der Waals surface area contributed by atoms with Gasteiger partial charge in [-0.1, -0.05) is 45.4 Å². The minimum atomic E-state index is -5.68. The first kappa shape index (κ1) is 38.0. The van der Waals surface area contributed by atoms with E-state index in [4.69, 9.17) is 3.79 Å². The highest BCUT2D eigenvalue weighted by Crippen LogP contribution is 2.31. The summed E-state index contributed by atoms with van der Waals surface area (Å²) < 4.78 is 231. The van der Waals surface area contributed by atoms with Crippen molar-refractivity contribution >= 4 is 37.0 Å². The normalized spacial score (nSPS) is 12.0. The van der Waals surface area contributed by atoms with Gasteiger partial charge < -0.3 is 3.79 Å². The Labute approximate surface area is 272 Å². The van der Waals surface area contributed by atoms with Crippen molar-refractivity contribution in [2.24, 2.45) is 0 Å². The second kappa shape index (κ2) is 13.9. The Hall–Kier alpha value is -3.77. The molecule has 49 heavy (non-hydrogen) atoms. The van der Waals surface area contributed by atoms with Crippen LogP contribution in [0.2, 0.25) is 9.56 Å². The summed E-state index contributed by atoms with van der Waals surface area (Å²) in [7, 11) is 0. The smallest absolute Gasteiger partial charge is 0.552 e. The van der Waals surface area contributed by atoms with Gasteiger partial charge in [0.25, 0.3) is 0 Å². The summed E-state index contributed by atoms with van der Waals surface area (Å²) >= 11 is -2.05. The quantitative estimate of drug-likeness (QED) is 0.0731. The molecular weight excluding hydrogens is 711 g/mol. The minimum absolute atomic E-state index is 0.0355. The Morgan fingerprint density at radius 1 is 0.429 bits per heavy atom. The predicted octanol–water partition coefficient (Wildman–Crippen LogP) is 8.22. The van der Waals surface area contributed by atoms with Crippen molar-refractivity contribution < 1.29 is 69.6 Å². The average molecular weight is 731 g/mol. The second-order valence-electron chi connectivity index (χ2n) is 11.9. The molecule has 0 saturated heterocycles. The Morgan fingerprint density at radius 3 is 0.918 bits per heavy atom. The molecule has 0 atom stereocenters. The van der Waals surface area contributed by atoms with Crippen molar-refractivity contribution in [1.82, 2.24) is 0 Å². The van der Waals surface area contributed by atoms with E-state index >= 15 is 26.3 Å². The summed E-state index contributed by atoms with van der Waals surface area (Å²) in [6.07, 6.45) is -7.55. The Morgan fingerprint density at radius 2 is 0.673 bits per heavy atom. The number of rotatable bonds is 9. The molecule has 0 fully saturated rings. The third-order valence-electron chi connectivity index (χ3n) is 8.26. The van der Waals surface area contributed by atoms with Crippen molar-refractivity contribution in [2.45, 2.75) is 43.6 Å². The molecule has 0 aliphatic carbocycles. The number of hydrogen-bond acceptors (Lipinski definition) is 1. The lowest BCUT2D eigenvalue weighted by Crippen LogP contribution is -2.74. The molecule has 1 nitrogen and oxygen atoms in total. The van der Waals surface area contributed by atoms with E-state index < -0.39 is 136 Å². The zero-order valence-corrected chi connectivity index (χ0v) is 26.6. The Balaban J connectivity index is 2.28. The van der Waals surface area contributed by atoms with Gasteiger partial charge in [-0.25, -0.2) is 65.9 Å². The summed E-state index contributed by atoms with van der Waals surface area (Å²) in [4.78, 5) is 0. The zero-order valence-electron chi connectivity index (χ0n) is 25.4. The SMILES string of the molecule is C[CH](C)[Al]([O]c1ccc(C[B-](c2c(F)c(F)c(F)c(F)c2F)(c2c(F)c(F)c(F)c(F)c2F)c2c(F)c(F)c(F)c(F)c2F)cc1)[CH](C)C. The monoisotopic (exact) mass is 731 g/mol. The highest BCUT2D eigenvalue weighted by atomic mass is 27.2. The van der Waals surface area contributed by atoms with Crippen molar-refractivity contribution in [2.75, 3.05) is 0 Å². The maximum Gasteiger partial charge on any atom is 0.552 e. The van der Waals surface area contributed by atoms with E-state index in [0.717, 1.165) is 24.3 Å². The van der Waals surface area contributed by atoms with Crippen LogP contribution in [-0.2, 0) is 6.32 Å². The van der Waals surface area contributed by atoms with E-state index in [1.54, 1.807) is 0 Å². The first-order valence-electron chi connectivity index (χ1n) is 14.2. The maximum atomic E-state index is 15.7. The first-order chi connectivity index (χ1) is 22.7. The van der Waals surface area contributed by atoms with Gasteiger partial charge in [-0.05, 0) is 21.7 Å². The molecular formula is C31H20AlBF15O-. The lowest BCUT2D eigenvalue weighted by molar-refractivity contribution is 0.379. The van der Waals surface area contributed by atoms with Crippen LogP contribution >= 0.6 is 0 Å². The standard InChI is InChI=1S/C25H7BF15O.2C3H7.Al/c27-11-8(12(28)18(34)23(39)17(11)33)26(5-6-1-3-7(42)4-2-6,9-13(29)19(35)24(40)20(36)14(9)30)10-15(31)21(37)25(41)22(38)16(10)32;2*1-3-2;/h1-4,42H,5H2;2*3H,1-2H3;/q-1;;;+1/p-1. The second-order valence-corrected chi connectivity index (χ2v) is 15.7. The van der Waals surface area contributed by atoms with Crippen molar-refractivity contribution in [3.8, 4) is 5.75 Å². The van der Waals surface area contributed by atoms with E-state index in [9.17, 15) is 39.5 Å². The molecule has 4 aromatic carbocycles. The van der Waals surface area contributed by atoms with E-state index in [0.29, 0.717) is 0 Å². The average Bonchev–Trinajstić information content (AvgIpc) is 3.05. The molecule has 4 rings (SSSR count). The fourth-order valence-electron chi connectivity index (χ4n) is 6.16. The molecule has 0 saturated carbocycles. The fourth-order valence-corrected chi connectivity index (χ4v) is 8.71. The molecule has 262 valence electrons. The van der Waals surface area contributed by atoms with Crippen molar-refractivity contribution in [3.05, 3.63) is 117 Å². The first-order valence-corrected chi connectivity index (χ1v) is 16.0. The lowest BCUT2D eigenvalue weighted by Gasteiger charge is -2.44. The summed E-state index contributed by atoms with van der Waals surface area (Å²) in [5.41, 5.74) is -8.57. The van der Waals surface area contributed by atoms with Gasteiger partial charge in [0, 0.05) is 0 Å². The van der Waals surface area contributed by atoms with Crippen molar-refractivity contribution in [3.63, 3.8) is 0 Å². The topological polar surface area (TPSA) is 9.23 Å². The van der Waals surface area contributed by atoms with Crippen molar-refractivity contribution in [1.29, 1.82) is 0 Å². The molecule has 0 aliphatic rings. The Kier molecular flexibility index (Phi) is 10.8. The highest BCUT2D eigenvalue weighted by Gasteiger charge is 2.48. The van der Waals surface area contributed by atoms with Gasteiger partial charge in [0.15, 0.2) is 52.4 Å². The minimum Gasteiger partial charge on any atom is -0.642 e. The predicted molar refractivity (Wildman–Crippen MR) is 150 cm³/mol. The van der Waals surface area contributed by atoms with Crippen LogP contribution in [-0.4, -0.2) is 20.6 Å². The van der Waals surface area contributed by atoms with Crippen LogP contribution in [0.1, 0.15) is 33.3 Å². The summed E-state index contributed by atoms with van der Waals surface area (Å²) in [6.45, 7) is 7.39. The van der Waals surface area contributed by atoms with Gasteiger partial charge in [-0.15, -0.1) is 22.7 Å². The molecule has 0 bridgehead atoms. The number of benzene rings is 4. The summed E-state index contributed by atoms with van der Waals surface area (Å²) in [5, 5.41) is 0. The van der Waals surface area contributed by atoms with Crippen LogP contribution < -0.4 is 20.2 Å². The number of halogens is 15. The summed E-state index contributed by atoms with van der Waals surface area (Å²) in [6, 6.07) is 3.89. The molecule has 0 aliphatic heterocycles. The van der Waals surface area contributed by atoms with E-state index in [1.165, 1.54) is 0 Å². The van der Waals surface area contributed by atoms with Gasteiger partial charge >= 0.3 is 14.5 Å². The molecule has 4 aromatic rings. The van der Waals surface area contributed by atoms with Crippen LogP contribution in [0.4, 0.5) is 65.9 Å². The van der Waals surface area contributed by atoms with E-state index in [1.807, 2.05) is 27.7 Å². The fraction of sp³-hybridized carbons (Fsp3) is 0.226. The highest BCUT2D eigenvalue weighted by molar-refractivity contribution is 7.11. The summed E-state index contributed by atoms with van der Waals surface area (Å²) in [5.74, 6) is -45.3. The van der Waals surface area contributed by atoms with Crippen LogP contribution in [0, 0.1) is 87.3 Å². The number of hydrogen-bond donors (Lipinski definition) is 0. The molecule has 0 unspecified atom stereocenters. The van der Waals surface area contributed by atoms with Gasteiger partial charge in [0.05, 0.1) is 5.75 Å². The van der Waals surface area contributed by atoms with Gasteiger partial charge in [0.2, 0.25) is 0 Å². The lowest BCUT2D eigenvalue weighted by atomic mass is 9.13. The van der Waals surface area contributed by atoms with Gasteiger partial charge in [0.1, 0.15) is 41.0 Å². The molecule has 0 heterocycles. The molecule has 0 spiro atoms. The zero-order chi connectivity index (χ0) is 37.0. The third-order valence-corrected chi connectivity index (χ3v) is 11.4. The molecule has 18 heteroatoms. The van der Waals surface area contributed by atoms with E-state index in [-0.39, 0.29) is 15.3 Å². The van der Waals surface area contributed by atoms with Gasteiger partial charge in [-0.2, -0.15) is 0 Å². The van der Waals surface area contributed by atoms with E-state index in [2.05, 4.69) is 0 Å².